The van der Waals surface area contributed by atoms with Crippen LogP contribution in [0.3, 0.4) is 0 Å². The maximum atomic E-state index is 11.2. The molecular formula is C10H15N5O3S2. The first-order valence-corrected chi connectivity index (χ1v) is 6.43. The van der Waals surface area contributed by atoms with E-state index in [2.05, 4.69) is 4.99 Å². The standard InChI is InChI=1S/C10H15N5O3S2/c1-4-10(8(11)19)13-7(18-3)6(15(16)17)5(2)14(10)9(12)20/h4H2,1-3H3,(H2,11,19)(H2,12,20). The van der Waals surface area contributed by atoms with Crippen LogP contribution in [-0.4, -0.2) is 38.6 Å². The van der Waals surface area contributed by atoms with Gasteiger partial charge >= 0.3 is 5.70 Å². The van der Waals surface area contributed by atoms with Crippen molar-refractivity contribution in [3.63, 3.8) is 0 Å². The van der Waals surface area contributed by atoms with Gasteiger partial charge in [0.2, 0.25) is 0 Å². The third-order valence-corrected chi connectivity index (χ3v) is 3.53. The molecule has 0 aliphatic carbocycles. The Morgan fingerprint density at radius 2 is 2.10 bits per heavy atom. The van der Waals surface area contributed by atoms with Crippen molar-refractivity contribution in [2.45, 2.75) is 25.9 Å². The lowest BCUT2D eigenvalue weighted by atomic mass is 10.0. The molecule has 1 aliphatic heterocycles. The van der Waals surface area contributed by atoms with E-state index in [0.29, 0.717) is 6.42 Å². The zero-order valence-electron chi connectivity index (χ0n) is 11.2. The average molecular weight is 317 g/mol. The van der Waals surface area contributed by atoms with E-state index in [1.165, 1.54) is 18.9 Å². The van der Waals surface area contributed by atoms with Gasteiger partial charge in [-0.25, -0.2) is 4.99 Å². The Balaban J connectivity index is 3.67. The Morgan fingerprint density at radius 3 is 2.40 bits per heavy atom. The number of nitro groups is 1. The van der Waals surface area contributed by atoms with E-state index in [9.17, 15) is 10.1 Å². The van der Waals surface area contributed by atoms with Gasteiger partial charge in [-0.1, -0.05) is 19.1 Å². The monoisotopic (exact) mass is 317 g/mol. The van der Waals surface area contributed by atoms with Crippen molar-refractivity contribution in [1.29, 1.82) is 0 Å². The lowest BCUT2D eigenvalue weighted by molar-refractivity contribution is -0.419. The molecule has 0 fully saturated rings. The molecule has 8 nitrogen and oxygen atoms in total. The van der Waals surface area contributed by atoms with Crippen LogP contribution in [0.2, 0.25) is 0 Å². The molecule has 4 N–H and O–H groups in total. The second-order valence-corrected chi connectivity index (χ2v) is 4.88. The SMILES string of the molecule is CCC1(C(N)=S)N=C(OC)C([N+](=O)[O-])=C(C)N1C(N)=S. The molecule has 0 aromatic heterocycles. The molecule has 0 aromatic carbocycles. The second-order valence-electron chi connectivity index (χ2n) is 4.02. The minimum Gasteiger partial charge on any atom is -0.476 e. The van der Waals surface area contributed by atoms with Crippen LogP contribution < -0.4 is 11.5 Å². The van der Waals surface area contributed by atoms with Crippen LogP contribution in [0.25, 0.3) is 0 Å². The smallest absolute Gasteiger partial charge is 0.349 e. The van der Waals surface area contributed by atoms with Gasteiger partial charge in [0.05, 0.1) is 12.0 Å². The van der Waals surface area contributed by atoms with Crippen molar-refractivity contribution < 1.29 is 9.66 Å². The first kappa shape index (κ1) is 16.2. The van der Waals surface area contributed by atoms with Crippen molar-refractivity contribution in [3.8, 4) is 0 Å². The largest absolute Gasteiger partial charge is 0.476 e. The quantitative estimate of drug-likeness (QED) is 0.438. The van der Waals surface area contributed by atoms with E-state index < -0.39 is 10.6 Å². The van der Waals surface area contributed by atoms with E-state index in [1.54, 1.807) is 6.92 Å². The predicted octanol–water partition coefficient (Wildman–Crippen LogP) is 0.491. The Kier molecular flexibility index (Phi) is 4.61. The molecule has 0 spiro atoms. The van der Waals surface area contributed by atoms with Crippen molar-refractivity contribution in [3.05, 3.63) is 21.5 Å². The van der Waals surface area contributed by atoms with Crippen LogP contribution in [0.1, 0.15) is 20.3 Å². The Morgan fingerprint density at radius 1 is 1.55 bits per heavy atom. The highest BCUT2D eigenvalue weighted by atomic mass is 32.1. The first-order chi connectivity index (χ1) is 9.22. The van der Waals surface area contributed by atoms with Crippen molar-refractivity contribution in [1.82, 2.24) is 4.90 Å². The highest BCUT2D eigenvalue weighted by molar-refractivity contribution is 7.80. The number of methoxy groups -OCH3 is 1. The fraction of sp³-hybridized carbons (Fsp3) is 0.500. The zero-order valence-corrected chi connectivity index (χ0v) is 12.9. The molecule has 1 heterocycles. The van der Waals surface area contributed by atoms with Gasteiger partial charge < -0.3 is 16.2 Å². The summed E-state index contributed by atoms with van der Waals surface area (Å²) in [5.41, 5.74) is 10.0. The van der Waals surface area contributed by atoms with Gasteiger partial charge in [-0.3, -0.25) is 15.0 Å². The lowest BCUT2D eigenvalue weighted by Gasteiger charge is -2.42. The van der Waals surface area contributed by atoms with Gasteiger partial charge in [0, 0.05) is 0 Å². The number of allylic oxidation sites excluding steroid dienone is 1. The van der Waals surface area contributed by atoms with E-state index in [1.807, 2.05) is 0 Å². The zero-order chi connectivity index (χ0) is 15.7. The third kappa shape index (κ3) is 2.31. The summed E-state index contributed by atoms with van der Waals surface area (Å²) >= 11 is 10.0. The minimum atomic E-state index is -1.25. The Hall–Kier alpha value is -1.81. The molecule has 0 aromatic rings. The fourth-order valence-electron chi connectivity index (χ4n) is 2.09. The number of hydrogen-bond donors (Lipinski definition) is 2. The van der Waals surface area contributed by atoms with Gasteiger partial charge in [0.15, 0.2) is 10.8 Å². The van der Waals surface area contributed by atoms with Crippen LogP contribution in [0.5, 0.6) is 0 Å². The number of aliphatic imine (C=N–C) groups is 1. The van der Waals surface area contributed by atoms with Gasteiger partial charge in [0.25, 0.3) is 5.90 Å². The molecule has 1 unspecified atom stereocenters. The molecule has 20 heavy (non-hydrogen) atoms. The molecule has 1 aliphatic rings. The highest BCUT2D eigenvalue weighted by Crippen LogP contribution is 2.33. The summed E-state index contributed by atoms with van der Waals surface area (Å²) in [6, 6.07) is 0. The fourth-order valence-corrected chi connectivity index (χ4v) is 2.66. The number of hydrogen-bond acceptors (Lipinski definition) is 6. The number of rotatable bonds is 3. The summed E-state index contributed by atoms with van der Waals surface area (Å²) in [7, 11) is 1.28. The maximum absolute atomic E-state index is 11.2. The number of nitrogens with two attached hydrogens (primary N) is 2. The molecule has 0 saturated heterocycles. The Labute approximate surface area is 126 Å². The van der Waals surface area contributed by atoms with E-state index in [-0.39, 0.29) is 27.4 Å². The van der Waals surface area contributed by atoms with Crippen LogP contribution in [0.15, 0.2) is 16.4 Å². The Bertz CT molecular complexity index is 545. The van der Waals surface area contributed by atoms with Gasteiger partial charge in [-0.2, -0.15) is 0 Å². The maximum Gasteiger partial charge on any atom is 0.349 e. The minimum absolute atomic E-state index is 0.00379. The van der Waals surface area contributed by atoms with Crippen LogP contribution in [0, 0.1) is 10.1 Å². The third-order valence-electron chi connectivity index (χ3n) is 3.02. The van der Waals surface area contributed by atoms with Crippen molar-refractivity contribution in [2.24, 2.45) is 16.5 Å². The first-order valence-electron chi connectivity index (χ1n) is 5.62. The normalized spacial score (nSPS) is 22.4. The lowest BCUT2D eigenvalue weighted by Crippen LogP contribution is -2.60. The predicted molar refractivity (Wildman–Crippen MR) is 82.6 cm³/mol. The van der Waals surface area contributed by atoms with Crippen molar-refractivity contribution in [2.75, 3.05) is 7.11 Å². The summed E-state index contributed by atoms with van der Waals surface area (Å²) in [5.74, 6) is -0.158. The molecule has 0 amide bonds. The summed E-state index contributed by atoms with van der Waals surface area (Å²) in [4.78, 5) is 16.1. The van der Waals surface area contributed by atoms with Crippen molar-refractivity contribution >= 4 is 40.4 Å². The van der Waals surface area contributed by atoms with Crippen LogP contribution in [0.4, 0.5) is 0 Å². The molecule has 110 valence electrons. The average Bonchev–Trinajstić information content (AvgIpc) is 2.35. The molecular weight excluding hydrogens is 302 g/mol. The summed E-state index contributed by atoms with van der Waals surface area (Å²) in [6.07, 6.45) is 0.328. The van der Waals surface area contributed by atoms with Crippen LogP contribution >= 0.6 is 24.4 Å². The second kappa shape index (κ2) is 5.67. The molecule has 1 rings (SSSR count). The molecule has 1 atom stereocenters. The van der Waals surface area contributed by atoms with Gasteiger partial charge in [0.1, 0.15) is 10.7 Å². The summed E-state index contributed by atoms with van der Waals surface area (Å²) < 4.78 is 5.00. The number of thiocarbonyl (C=S) groups is 2. The van der Waals surface area contributed by atoms with E-state index >= 15 is 0 Å². The number of nitrogens with zero attached hydrogens (tertiary/aromatic N) is 3. The molecule has 0 bridgehead atoms. The topological polar surface area (TPSA) is 120 Å². The van der Waals surface area contributed by atoms with E-state index in [4.69, 9.17) is 40.6 Å². The summed E-state index contributed by atoms with van der Waals surface area (Å²) in [5, 5.41) is 11.1. The molecule has 0 saturated carbocycles. The summed E-state index contributed by atoms with van der Waals surface area (Å²) in [6.45, 7) is 3.26. The van der Waals surface area contributed by atoms with Gasteiger partial charge in [-0.15, -0.1) is 0 Å². The van der Waals surface area contributed by atoms with Crippen LogP contribution in [-0.2, 0) is 4.74 Å². The number of ether oxygens (including phenoxy) is 1. The van der Waals surface area contributed by atoms with E-state index in [0.717, 1.165) is 0 Å². The highest BCUT2D eigenvalue weighted by Gasteiger charge is 2.48. The van der Waals surface area contributed by atoms with Gasteiger partial charge in [-0.05, 0) is 25.6 Å². The molecule has 10 heteroatoms. The molecule has 0 radical (unpaired) electrons.